The lowest BCUT2D eigenvalue weighted by atomic mass is 9.92. The highest BCUT2D eigenvalue weighted by molar-refractivity contribution is 6.06. The zero-order chi connectivity index (χ0) is 12.6. The molecule has 1 fully saturated rings. The molecule has 0 N–H and O–H groups in total. The second kappa shape index (κ2) is 4.41. The van der Waals surface area contributed by atoms with Gasteiger partial charge in [0.25, 0.3) is 0 Å². The van der Waals surface area contributed by atoms with Crippen LogP contribution in [-0.4, -0.2) is 35.2 Å². The van der Waals surface area contributed by atoms with Crippen molar-refractivity contribution in [3.05, 3.63) is 12.3 Å². The van der Waals surface area contributed by atoms with Gasteiger partial charge in [0, 0.05) is 12.1 Å². The number of carbonyl (C=O) groups excluding carboxylic acids is 3. The molecule has 2 rings (SSSR count). The summed E-state index contributed by atoms with van der Waals surface area (Å²) in [5, 5.41) is 0. The third-order valence-corrected chi connectivity index (χ3v) is 3.54. The minimum absolute atomic E-state index is 0.0620. The zero-order valence-corrected chi connectivity index (χ0v) is 9.83. The minimum atomic E-state index is -0.478. The molecule has 2 heterocycles. The van der Waals surface area contributed by atoms with Gasteiger partial charge in [0.05, 0.1) is 6.42 Å². The van der Waals surface area contributed by atoms with Gasteiger partial charge < -0.3 is 9.53 Å². The molecule has 2 aliphatic rings. The van der Waals surface area contributed by atoms with Gasteiger partial charge in [-0.15, -0.1) is 0 Å². The van der Waals surface area contributed by atoms with Crippen molar-refractivity contribution in [2.45, 2.75) is 32.6 Å². The maximum absolute atomic E-state index is 11.7. The first-order chi connectivity index (χ1) is 8.04. The highest BCUT2D eigenvalue weighted by atomic mass is 16.5. The number of amides is 1. The highest BCUT2D eigenvalue weighted by Crippen LogP contribution is 2.34. The van der Waals surface area contributed by atoms with Crippen molar-refractivity contribution in [3.63, 3.8) is 0 Å². The summed E-state index contributed by atoms with van der Waals surface area (Å²) in [6.45, 7) is 3.86. The molecule has 0 saturated carbocycles. The molecule has 0 unspecified atom stereocenters. The van der Waals surface area contributed by atoms with E-state index >= 15 is 0 Å². The van der Waals surface area contributed by atoms with Crippen molar-refractivity contribution in [1.82, 2.24) is 4.90 Å². The third-order valence-electron chi connectivity index (χ3n) is 3.54. The second-order valence-corrected chi connectivity index (χ2v) is 4.61. The van der Waals surface area contributed by atoms with E-state index in [2.05, 4.69) is 0 Å². The first kappa shape index (κ1) is 12.0. The number of aldehydes is 1. The topological polar surface area (TPSA) is 63.7 Å². The molecular weight excluding hydrogens is 222 g/mol. The van der Waals surface area contributed by atoms with Crippen LogP contribution in [0, 0.1) is 11.8 Å². The van der Waals surface area contributed by atoms with Gasteiger partial charge in [-0.3, -0.25) is 14.5 Å². The van der Waals surface area contributed by atoms with Crippen LogP contribution in [0.2, 0.25) is 0 Å². The summed E-state index contributed by atoms with van der Waals surface area (Å²) < 4.78 is 5.55. The number of rotatable bonds is 2. The van der Waals surface area contributed by atoms with E-state index in [9.17, 15) is 14.4 Å². The van der Waals surface area contributed by atoms with Crippen LogP contribution in [-0.2, 0) is 19.1 Å². The van der Waals surface area contributed by atoms with Gasteiger partial charge in [0.1, 0.15) is 18.6 Å². The first-order valence-corrected chi connectivity index (χ1v) is 5.67. The summed E-state index contributed by atoms with van der Waals surface area (Å²) in [7, 11) is 0. The Morgan fingerprint density at radius 1 is 1.35 bits per heavy atom. The van der Waals surface area contributed by atoms with E-state index in [1.807, 2.05) is 13.8 Å². The van der Waals surface area contributed by atoms with Crippen LogP contribution in [0.25, 0.3) is 0 Å². The quantitative estimate of drug-likeness (QED) is 0.518. The first-order valence-electron chi connectivity index (χ1n) is 5.67. The van der Waals surface area contributed by atoms with E-state index in [0.717, 1.165) is 6.29 Å². The van der Waals surface area contributed by atoms with Gasteiger partial charge in [0.2, 0.25) is 5.91 Å². The van der Waals surface area contributed by atoms with Gasteiger partial charge in [0.15, 0.2) is 5.78 Å². The van der Waals surface area contributed by atoms with E-state index in [1.165, 1.54) is 17.2 Å². The highest BCUT2D eigenvalue weighted by Gasteiger charge is 2.43. The van der Waals surface area contributed by atoms with Gasteiger partial charge >= 0.3 is 0 Å². The fraction of sp³-hybridized carbons (Fsp3) is 0.583. The maximum atomic E-state index is 11.7. The average Bonchev–Trinajstić information content (AvgIpc) is 2.57. The van der Waals surface area contributed by atoms with Crippen LogP contribution < -0.4 is 0 Å². The Morgan fingerprint density at radius 3 is 2.59 bits per heavy atom. The molecule has 0 aromatic heterocycles. The Balaban J connectivity index is 2.18. The Labute approximate surface area is 99.4 Å². The fourth-order valence-electron chi connectivity index (χ4n) is 2.22. The average molecular weight is 237 g/mol. The molecule has 1 amide bonds. The summed E-state index contributed by atoms with van der Waals surface area (Å²) in [6.07, 6.45) is 2.55. The minimum Gasteiger partial charge on any atom is -0.347 e. The van der Waals surface area contributed by atoms with Crippen molar-refractivity contribution in [1.29, 1.82) is 0 Å². The third kappa shape index (κ3) is 2.02. The summed E-state index contributed by atoms with van der Waals surface area (Å²) >= 11 is 0. The van der Waals surface area contributed by atoms with Crippen LogP contribution in [0.1, 0.15) is 20.3 Å². The van der Waals surface area contributed by atoms with E-state index in [-0.39, 0.29) is 29.9 Å². The van der Waals surface area contributed by atoms with Gasteiger partial charge in [-0.2, -0.15) is 0 Å². The SMILES string of the molecule is C[C@H]1[C@H](C)[C@@H](C=O)O[C@H]1N1C=CC(=O)CC1=O. The normalized spacial score (nSPS) is 37.6. The Bertz CT molecular complexity index is 390. The number of allylic oxidation sites excluding steroid dienone is 1. The van der Waals surface area contributed by atoms with Crippen molar-refractivity contribution >= 4 is 18.0 Å². The number of ketones is 1. The molecule has 2 aliphatic heterocycles. The zero-order valence-electron chi connectivity index (χ0n) is 9.83. The second-order valence-electron chi connectivity index (χ2n) is 4.61. The van der Waals surface area contributed by atoms with Crippen LogP contribution >= 0.6 is 0 Å². The summed E-state index contributed by atoms with van der Waals surface area (Å²) in [5.41, 5.74) is 0. The molecule has 0 aromatic rings. The van der Waals surface area contributed by atoms with Crippen LogP contribution in [0.5, 0.6) is 0 Å². The summed E-state index contributed by atoms with van der Waals surface area (Å²) in [4.78, 5) is 35.0. The van der Waals surface area contributed by atoms with Crippen LogP contribution in [0.4, 0.5) is 0 Å². The molecule has 92 valence electrons. The van der Waals surface area contributed by atoms with Crippen LogP contribution in [0.15, 0.2) is 12.3 Å². The van der Waals surface area contributed by atoms with Crippen molar-refractivity contribution in [2.24, 2.45) is 11.8 Å². The Kier molecular flexibility index (Phi) is 3.11. The van der Waals surface area contributed by atoms with Gasteiger partial charge in [-0.1, -0.05) is 13.8 Å². The standard InChI is InChI=1S/C12H15NO4/c1-7-8(2)12(17-10(7)6-14)13-4-3-9(15)5-11(13)16/h3-4,6-8,10,12H,5H2,1-2H3/t7-,8-,10+,12+/m0/s1. The van der Waals surface area contributed by atoms with Crippen molar-refractivity contribution in [3.8, 4) is 0 Å². The van der Waals surface area contributed by atoms with Gasteiger partial charge in [-0.25, -0.2) is 0 Å². The monoisotopic (exact) mass is 237 g/mol. The number of carbonyl (C=O) groups is 3. The molecular formula is C12H15NO4. The summed E-state index contributed by atoms with van der Waals surface area (Å²) in [5.74, 6) is -0.340. The molecule has 1 saturated heterocycles. The largest absolute Gasteiger partial charge is 0.347 e. The van der Waals surface area contributed by atoms with E-state index in [0.29, 0.717) is 0 Å². The lowest BCUT2D eigenvalue weighted by Gasteiger charge is -2.29. The molecule has 0 aromatic carbocycles. The lowest BCUT2D eigenvalue weighted by Crippen LogP contribution is -2.42. The van der Waals surface area contributed by atoms with E-state index in [4.69, 9.17) is 4.74 Å². The molecule has 0 bridgehead atoms. The predicted molar refractivity (Wildman–Crippen MR) is 58.7 cm³/mol. The Hall–Kier alpha value is -1.49. The number of ether oxygens (including phenoxy) is 1. The van der Waals surface area contributed by atoms with Crippen molar-refractivity contribution < 1.29 is 19.1 Å². The lowest BCUT2D eigenvalue weighted by molar-refractivity contribution is -0.146. The fourth-order valence-corrected chi connectivity index (χ4v) is 2.22. The van der Waals surface area contributed by atoms with E-state index < -0.39 is 12.3 Å². The number of hydrogen-bond acceptors (Lipinski definition) is 4. The molecule has 0 aliphatic carbocycles. The predicted octanol–water partition coefficient (Wildman–Crippen LogP) is 0.497. The maximum Gasteiger partial charge on any atom is 0.236 e. The summed E-state index contributed by atoms with van der Waals surface area (Å²) in [6, 6.07) is 0. The van der Waals surface area contributed by atoms with E-state index in [1.54, 1.807) is 0 Å². The molecule has 5 heteroatoms. The number of hydrogen-bond donors (Lipinski definition) is 0. The molecule has 5 nitrogen and oxygen atoms in total. The Morgan fingerprint density at radius 2 is 2.06 bits per heavy atom. The molecule has 0 spiro atoms. The number of nitrogens with zero attached hydrogens (tertiary/aromatic N) is 1. The van der Waals surface area contributed by atoms with Crippen LogP contribution in [0.3, 0.4) is 0 Å². The molecule has 17 heavy (non-hydrogen) atoms. The molecule has 0 radical (unpaired) electrons. The smallest absolute Gasteiger partial charge is 0.236 e. The van der Waals surface area contributed by atoms with Gasteiger partial charge in [-0.05, 0) is 12.0 Å². The van der Waals surface area contributed by atoms with Crippen molar-refractivity contribution in [2.75, 3.05) is 0 Å². The molecule has 4 atom stereocenters.